The minimum atomic E-state index is -0.0539. The molecule has 0 aliphatic heterocycles. The van der Waals surface area contributed by atoms with Gasteiger partial charge in [-0.2, -0.15) is 0 Å². The number of amidine groups is 1. The van der Waals surface area contributed by atoms with Gasteiger partial charge in [0.05, 0.1) is 12.7 Å². The molecule has 0 aliphatic rings. The van der Waals surface area contributed by atoms with Crippen molar-refractivity contribution in [3.63, 3.8) is 0 Å². The average Bonchev–Trinajstić information content (AvgIpc) is 2.46. The summed E-state index contributed by atoms with van der Waals surface area (Å²) in [6, 6.07) is 12.6. The van der Waals surface area contributed by atoms with Crippen LogP contribution in [0.5, 0.6) is 11.5 Å². The summed E-state index contributed by atoms with van der Waals surface area (Å²) in [5.74, 6) is 1.09. The number of ether oxygens (including phenoxy) is 2. The van der Waals surface area contributed by atoms with Crippen LogP contribution in [-0.2, 0) is 6.61 Å². The summed E-state index contributed by atoms with van der Waals surface area (Å²) in [4.78, 5) is 0. The fourth-order valence-corrected chi connectivity index (χ4v) is 1.93. The number of halogens is 1. The number of benzene rings is 2. The van der Waals surface area contributed by atoms with Crippen LogP contribution in [0.3, 0.4) is 0 Å². The van der Waals surface area contributed by atoms with E-state index >= 15 is 0 Å². The van der Waals surface area contributed by atoms with Gasteiger partial charge in [0.1, 0.15) is 23.9 Å². The molecule has 0 spiro atoms. The average molecular weight is 291 g/mol. The highest BCUT2D eigenvalue weighted by atomic mass is 35.5. The smallest absolute Gasteiger partial charge is 0.134 e. The lowest BCUT2D eigenvalue weighted by molar-refractivity contribution is 0.303. The Morgan fingerprint density at radius 3 is 2.65 bits per heavy atom. The molecular formula is C15H15ClN2O2. The van der Waals surface area contributed by atoms with Crippen LogP contribution in [-0.4, -0.2) is 12.9 Å². The number of nitrogens with two attached hydrogens (primary N) is 1. The Kier molecular flexibility index (Phi) is 4.48. The zero-order chi connectivity index (χ0) is 14.5. The van der Waals surface area contributed by atoms with Gasteiger partial charge in [-0.3, -0.25) is 5.41 Å². The minimum Gasteiger partial charge on any atom is -0.497 e. The van der Waals surface area contributed by atoms with E-state index < -0.39 is 0 Å². The van der Waals surface area contributed by atoms with Crippen LogP contribution in [0.4, 0.5) is 0 Å². The van der Waals surface area contributed by atoms with E-state index in [1.807, 2.05) is 18.2 Å². The van der Waals surface area contributed by atoms with Crippen molar-refractivity contribution in [1.29, 1.82) is 5.41 Å². The third-order valence-corrected chi connectivity index (χ3v) is 3.19. The SMILES string of the molecule is COc1ccc(C(=N)N)c(OCc2ccccc2Cl)c1. The first kappa shape index (κ1) is 14.2. The Bertz CT molecular complexity index is 629. The highest BCUT2D eigenvalue weighted by Crippen LogP contribution is 2.26. The van der Waals surface area contributed by atoms with E-state index in [1.54, 1.807) is 31.4 Å². The fourth-order valence-electron chi connectivity index (χ4n) is 1.74. The van der Waals surface area contributed by atoms with Crippen molar-refractivity contribution < 1.29 is 9.47 Å². The van der Waals surface area contributed by atoms with Crippen molar-refractivity contribution in [1.82, 2.24) is 0 Å². The topological polar surface area (TPSA) is 68.3 Å². The summed E-state index contributed by atoms with van der Waals surface area (Å²) < 4.78 is 10.9. The van der Waals surface area contributed by atoms with Crippen LogP contribution in [0.25, 0.3) is 0 Å². The summed E-state index contributed by atoms with van der Waals surface area (Å²) >= 11 is 6.08. The van der Waals surface area contributed by atoms with Crippen molar-refractivity contribution in [2.45, 2.75) is 6.61 Å². The maximum absolute atomic E-state index is 7.56. The van der Waals surface area contributed by atoms with Crippen molar-refractivity contribution in [2.75, 3.05) is 7.11 Å². The molecule has 0 fully saturated rings. The van der Waals surface area contributed by atoms with Gasteiger partial charge in [-0.1, -0.05) is 29.8 Å². The highest BCUT2D eigenvalue weighted by molar-refractivity contribution is 6.31. The molecule has 0 aliphatic carbocycles. The molecule has 4 nitrogen and oxygen atoms in total. The maximum Gasteiger partial charge on any atom is 0.134 e. The van der Waals surface area contributed by atoms with Gasteiger partial charge in [0, 0.05) is 16.7 Å². The zero-order valence-electron chi connectivity index (χ0n) is 11.0. The molecule has 0 radical (unpaired) electrons. The third-order valence-electron chi connectivity index (χ3n) is 2.82. The molecule has 2 aromatic rings. The molecule has 0 bridgehead atoms. The molecule has 2 rings (SSSR count). The van der Waals surface area contributed by atoms with E-state index in [0.29, 0.717) is 28.7 Å². The minimum absolute atomic E-state index is 0.0539. The van der Waals surface area contributed by atoms with Crippen molar-refractivity contribution in [3.05, 3.63) is 58.6 Å². The van der Waals surface area contributed by atoms with E-state index in [1.165, 1.54) is 0 Å². The zero-order valence-corrected chi connectivity index (χ0v) is 11.8. The van der Waals surface area contributed by atoms with Crippen LogP contribution < -0.4 is 15.2 Å². The second kappa shape index (κ2) is 6.30. The Balaban J connectivity index is 2.24. The van der Waals surface area contributed by atoms with Gasteiger partial charge in [0.25, 0.3) is 0 Å². The third kappa shape index (κ3) is 3.22. The number of hydrogen-bond donors (Lipinski definition) is 2. The van der Waals surface area contributed by atoms with E-state index in [4.69, 9.17) is 32.2 Å². The first-order chi connectivity index (χ1) is 9.61. The highest BCUT2D eigenvalue weighted by Gasteiger charge is 2.09. The lowest BCUT2D eigenvalue weighted by Crippen LogP contribution is -2.13. The normalized spacial score (nSPS) is 10.1. The van der Waals surface area contributed by atoms with Crippen molar-refractivity contribution in [3.8, 4) is 11.5 Å². The maximum atomic E-state index is 7.56. The Labute approximate surface area is 122 Å². The molecule has 0 saturated heterocycles. The van der Waals surface area contributed by atoms with Gasteiger partial charge in [0.2, 0.25) is 0 Å². The lowest BCUT2D eigenvalue weighted by atomic mass is 10.1. The first-order valence-electron chi connectivity index (χ1n) is 6.00. The monoisotopic (exact) mass is 290 g/mol. The fraction of sp³-hybridized carbons (Fsp3) is 0.133. The largest absolute Gasteiger partial charge is 0.497 e. The second-order valence-corrected chi connectivity index (χ2v) is 4.56. The molecule has 5 heteroatoms. The quantitative estimate of drug-likeness (QED) is 0.656. The summed E-state index contributed by atoms with van der Waals surface area (Å²) in [6.45, 7) is 0.299. The molecule has 20 heavy (non-hydrogen) atoms. The van der Waals surface area contributed by atoms with Crippen LogP contribution in [0.1, 0.15) is 11.1 Å². The first-order valence-corrected chi connectivity index (χ1v) is 6.38. The predicted octanol–water partition coefficient (Wildman–Crippen LogP) is 3.21. The molecular weight excluding hydrogens is 276 g/mol. The molecule has 104 valence electrons. The van der Waals surface area contributed by atoms with Crippen molar-refractivity contribution >= 4 is 17.4 Å². The Morgan fingerprint density at radius 1 is 1.25 bits per heavy atom. The molecule has 0 atom stereocenters. The number of rotatable bonds is 5. The van der Waals surface area contributed by atoms with Crippen molar-refractivity contribution in [2.24, 2.45) is 5.73 Å². The van der Waals surface area contributed by atoms with E-state index in [9.17, 15) is 0 Å². The lowest BCUT2D eigenvalue weighted by Gasteiger charge is -2.12. The van der Waals surface area contributed by atoms with Crippen LogP contribution in [0, 0.1) is 5.41 Å². The number of hydrogen-bond acceptors (Lipinski definition) is 3. The Hall–Kier alpha value is -2.20. The molecule has 0 aromatic heterocycles. The van der Waals surface area contributed by atoms with Gasteiger partial charge in [-0.25, -0.2) is 0 Å². The summed E-state index contributed by atoms with van der Waals surface area (Å²) in [6.07, 6.45) is 0. The molecule has 0 unspecified atom stereocenters. The number of methoxy groups -OCH3 is 1. The van der Waals surface area contributed by atoms with Crippen LogP contribution >= 0.6 is 11.6 Å². The molecule has 0 saturated carbocycles. The number of nitrogen functional groups attached to an aromatic ring is 1. The van der Waals surface area contributed by atoms with E-state index in [2.05, 4.69) is 0 Å². The van der Waals surface area contributed by atoms with E-state index in [-0.39, 0.29) is 5.84 Å². The summed E-state index contributed by atoms with van der Waals surface area (Å²) in [5, 5.41) is 8.20. The standard InChI is InChI=1S/C15H15ClN2O2/c1-19-11-6-7-12(15(17)18)14(8-11)20-9-10-4-2-3-5-13(10)16/h2-8H,9H2,1H3,(H3,17,18). The second-order valence-electron chi connectivity index (χ2n) is 4.16. The Morgan fingerprint density at radius 2 is 2.00 bits per heavy atom. The van der Waals surface area contributed by atoms with Crippen LogP contribution in [0.15, 0.2) is 42.5 Å². The summed E-state index contributed by atoms with van der Waals surface area (Å²) in [5.41, 5.74) is 6.93. The van der Waals surface area contributed by atoms with Gasteiger partial charge in [-0.05, 0) is 18.2 Å². The van der Waals surface area contributed by atoms with E-state index in [0.717, 1.165) is 5.56 Å². The number of nitrogens with one attached hydrogen (secondary N) is 1. The van der Waals surface area contributed by atoms with Gasteiger partial charge in [0.15, 0.2) is 0 Å². The molecule has 3 N–H and O–H groups in total. The molecule has 0 heterocycles. The van der Waals surface area contributed by atoms with Gasteiger partial charge in [-0.15, -0.1) is 0 Å². The van der Waals surface area contributed by atoms with Gasteiger partial charge < -0.3 is 15.2 Å². The predicted molar refractivity (Wildman–Crippen MR) is 79.8 cm³/mol. The van der Waals surface area contributed by atoms with Crippen LogP contribution in [0.2, 0.25) is 5.02 Å². The molecule has 2 aromatic carbocycles. The molecule has 0 amide bonds. The van der Waals surface area contributed by atoms with Gasteiger partial charge >= 0.3 is 0 Å². The summed E-state index contributed by atoms with van der Waals surface area (Å²) in [7, 11) is 1.57.